The Kier molecular flexibility index (Phi) is 7.50. The van der Waals surface area contributed by atoms with E-state index in [9.17, 15) is 13.2 Å². The lowest BCUT2D eigenvalue weighted by Gasteiger charge is -2.36. The molecule has 1 unspecified atom stereocenters. The molecule has 2 heterocycles. The number of piperidine rings is 2. The number of likely N-dealkylation sites (tertiary alicyclic amines) is 1. The van der Waals surface area contributed by atoms with Crippen LogP contribution in [0.4, 0.5) is 0 Å². The number of carbonyl (C=O) groups excluding carboxylic acids is 1. The maximum absolute atomic E-state index is 12.4. The summed E-state index contributed by atoms with van der Waals surface area (Å²) >= 11 is 0. The SMILES string of the molecule is CCCCN1CCCCC1CNC(=O)C1CCN(S(C)(=O)=O)CC1. The third kappa shape index (κ3) is 5.70. The zero-order chi connectivity index (χ0) is 17.6. The minimum Gasteiger partial charge on any atom is -0.354 e. The van der Waals surface area contributed by atoms with Crippen molar-refractivity contribution < 1.29 is 13.2 Å². The zero-order valence-corrected chi connectivity index (χ0v) is 16.0. The Morgan fingerprint density at radius 2 is 1.83 bits per heavy atom. The van der Waals surface area contributed by atoms with E-state index >= 15 is 0 Å². The van der Waals surface area contributed by atoms with E-state index in [0.717, 1.165) is 26.1 Å². The first-order valence-corrected chi connectivity index (χ1v) is 11.2. The van der Waals surface area contributed by atoms with Gasteiger partial charge in [0.25, 0.3) is 0 Å². The molecule has 0 aromatic heterocycles. The summed E-state index contributed by atoms with van der Waals surface area (Å²) in [6, 6.07) is 0.463. The largest absolute Gasteiger partial charge is 0.354 e. The van der Waals surface area contributed by atoms with Gasteiger partial charge in [-0.1, -0.05) is 19.8 Å². The molecule has 6 nitrogen and oxygen atoms in total. The van der Waals surface area contributed by atoms with Crippen LogP contribution in [-0.2, 0) is 14.8 Å². The summed E-state index contributed by atoms with van der Waals surface area (Å²) in [6.45, 7) is 6.14. The van der Waals surface area contributed by atoms with Gasteiger partial charge in [-0.25, -0.2) is 12.7 Å². The molecular weight excluding hydrogens is 326 g/mol. The number of nitrogens with one attached hydrogen (secondary N) is 1. The van der Waals surface area contributed by atoms with Crippen molar-refractivity contribution in [3.63, 3.8) is 0 Å². The predicted molar refractivity (Wildman–Crippen MR) is 96.3 cm³/mol. The summed E-state index contributed by atoms with van der Waals surface area (Å²) in [7, 11) is -3.13. The fraction of sp³-hybridized carbons (Fsp3) is 0.941. The fourth-order valence-corrected chi connectivity index (χ4v) is 4.63. The molecule has 0 aromatic carbocycles. The van der Waals surface area contributed by atoms with Gasteiger partial charge in [0.2, 0.25) is 15.9 Å². The molecule has 0 aromatic rings. The van der Waals surface area contributed by atoms with E-state index in [4.69, 9.17) is 0 Å². The van der Waals surface area contributed by atoms with Crippen LogP contribution in [0.5, 0.6) is 0 Å². The van der Waals surface area contributed by atoms with Gasteiger partial charge >= 0.3 is 0 Å². The number of amides is 1. The lowest BCUT2D eigenvalue weighted by atomic mass is 9.96. The van der Waals surface area contributed by atoms with Gasteiger partial charge in [0.15, 0.2) is 0 Å². The molecule has 24 heavy (non-hydrogen) atoms. The number of hydrogen-bond donors (Lipinski definition) is 1. The van der Waals surface area contributed by atoms with Gasteiger partial charge in [0.1, 0.15) is 0 Å². The summed E-state index contributed by atoms with van der Waals surface area (Å²) in [5.74, 6) is 0.0554. The summed E-state index contributed by atoms with van der Waals surface area (Å²) in [5.41, 5.74) is 0. The van der Waals surface area contributed by atoms with Crippen LogP contribution in [0.2, 0.25) is 0 Å². The highest BCUT2D eigenvalue weighted by molar-refractivity contribution is 7.88. The minimum absolute atomic E-state index is 0.0457. The molecule has 1 N–H and O–H groups in total. The predicted octanol–water partition coefficient (Wildman–Crippen LogP) is 1.43. The number of nitrogens with zero attached hydrogens (tertiary/aromatic N) is 2. The topological polar surface area (TPSA) is 69.7 Å². The molecule has 0 aliphatic carbocycles. The molecule has 2 fully saturated rings. The van der Waals surface area contributed by atoms with E-state index in [0.29, 0.717) is 32.0 Å². The van der Waals surface area contributed by atoms with Crippen LogP contribution in [0.3, 0.4) is 0 Å². The van der Waals surface area contributed by atoms with Crippen LogP contribution in [0.1, 0.15) is 51.9 Å². The summed E-state index contributed by atoms with van der Waals surface area (Å²) < 4.78 is 24.6. The van der Waals surface area contributed by atoms with E-state index < -0.39 is 10.0 Å². The molecule has 1 amide bonds. The lowest BCUT2D eigenvalue weighted by Crippen LogP contribution is -2.49. The zero-order valence-electron chi connectivity index (χ0n) is 15.2. The van der Waals surface area contributed by atoms with E-state index in [1.54, 1.807) is 0 Å². The van der Waals surface area contributed by atoms with E-state index in [1.807, 2.05) is 0 Å². The molecule has 140 valence electrons. The molecule has 0 saturated carbocycles. The molecule has 0 radical (unpaired) electrons. The molecule has 2 aliphatic heterocycles. The van der Waals surface area contributed by atoms with Crippen molar-refractivity contribution in [1.29, 1.82) is 0 Å². The first kappa shape index (κ1) is 19.7. The van der Waals surface area contributed by atoms with E-state index in [1.165, 1.54) is 36.2 Å². The van der Waals surface area contributed by atoms with Crippen LogP contribution < -0.4 is 5.32 Å². The Balaban J connectivity index is 1.76. The van der Waals surface area contributed by atoms with Crippen molar-refractivity contribution in [1.82, 2.24) is 14.5 Å². The number of carbonyl (C=O) groups is 1. The molecule has 2 aliphatic rings. The highest BCUT2D eigenvalue weighted by atomic mass is 32.2. The van der Waals surface area contributed by atoms with Crippen LogP contribution in [0.25, 0.3) is 0 Å². The van der Waals surface area contributed by atoms with Gasteiger partial charge in [-0.15, -0.1) is 0 Å². The molecule has 2 saturated heterocycles. The standard InChI is InChI=1S/C17H33N3O3S/c1-3-4-10-19-11-6-5-7-16(19)14-18-17(21)15-8-12-20(13-9-15)24(2,22)23/h15-16H,3-14H2,1-2H3,(H,18,21). The van der Waals surface area contributed by atoms with E-state index in [2.05, 4.69) is 17.1 Å². The fourth-order valence-electron chi connectivity index (χ4n) is 3.76. The second kappa shape index (κ2) is 9.15. The van der Waals surface area contributed by atoms with Gasteiger partial charge in [0, 0.05) is 31.6 Å². The number of sulfonamides is 1. The van der Waals surface area contributed by atoms with Crippen molar-refractivity contribution in [2.75, 3.05) is 39.0 Å². The Labute approximate surface area is 147 Å². The maximum atomic E-state index is 12.4. The molecule has 2 rings (SSSR count). The first-order chi connectivity index (χ1) is 11.4. The highest BCUT2D eigenvalue weighted by Gasteiger charge is 2.29. The summed E-state index contributed by atoms with van der Waals surface area (Å²) in [4.78, 5) is 14.9. The monoisotopic (exact) mass is 359 g/mol. The van der Waals surface area contributed by atoms with Crippen LogP contribution in [0, 0.1) is 5.92 Å². The molecule has 0 bridgehead atoms. The van der Waals surface area contributed by atoms with Gasteiger partial charge in [0.05, 0.1) is 6.26 Å². The van der Waals surface area contributed by atoms with Gasteiger partial charge in [-0.3, -0.25) is 9.69 Å². The molecule has 1 atom stereocenters. The smallest absolute Gasteiger partial charge is 0.223 e. The second-order valence-corrected chi connectivity index (χ2v) is 9.20. The van der Waals surface area contributed by atoms with Gasteiger partial charge < -0.3 is 5.32 Å². The minimum atomic E-state index is -3.13. The molecule has 0 spiro atoms. The molecule has 7 heteroatoms. The average molecular weight is 360 g/mol. The van der Waals surface area contributed by atoms with Crippen LogP contribution in [0.15, 0.2) is 0 Å². The van der Waals surface area contributed by atoms with Crippen LogP contribution >= 0.6 is 0 Å². The third-order valence-corrected chi connectivity index (χ3v) is 6.66. The Bertz CT molecular complexity index is 501. The Morgan fingerprint density at radius 1 is 1.12 bits per heavy atom. The number of hydrogen-bond acceptors (Lipinski definition) is 4. The maximum Gasteiger partial charge on any atom is 0.223 e. The van der Waals surface area contributed by atoms with Gasteiger partial charge in [-0.05, 0) is 45.2 Å². The van der Waals surface area contributed by atoms with Gasteiger partial charge in [-0.2, -0.15) is 0 Å². The Hall–Kier alpha value is -0.660. The lowest BCUT2D eigenvalue weighted by molar-refractivity contribution is -0.126. The highest BCUT2D eigenvalue weighted by Crippen LogP contribution is 2.20. The van der Waals surface area contributed by atoms with Crippen molar-refractivity contribution in [3.8, 4) is 0 Å². The van der Waals surface area contributed by atoms with Crippen molar-refractivity contribution in [2.45, 2.75) is 57.9 Å². The normalized spacial score (nSPS) is 24.8. The summed E-state index contributed by atoms with van der Waals surface area (Å²) in [5, 5.41) is 3.13. The first-order valence-electron chi connectivity index (χ1n) is 9.38. The quantitative estimate of drug-likeness (QED) is 0.746. The van der Waals surface area contributed by atoms with E-state index in [-0.39, 0.29) is 11.8 Å². The number of rotatable bonds is 7. The number of unbranched alkanes of at least 4 members (excludes halogenated alkanes) is 1. The summed E-state index contributed by atoms with van der Waals surface area (Å²) in [6.07, 6.45) is 8.58. The van der Waals surface area contributed by atoms with Crippen molar-refractivity contribution in [3.05, 3.63) is 0 Å². The Morgan fingerprint density at radius 3 is 2.46 bits per heavy atom. The molecular formula is C17H33N3O3S. The van der Waals surface area contributed by atoms with Crippen molar-refractivity contribution in [2.24, 2.45) is 5.92 Å². The average Bonchev–Trinajstić information content (AvgIpc) is 2.58. The second-order valence-electron chi connectivity index (χ2n) is 7.22. The third-order valence-electron chi connectivity index (χ3n) is 5.35. The van der Waals surface area contributed by atoms with Crippen LogP contribution in [-0.4, -0.2) is 68.6 Å². The van der Waals surface area contributed by atoms with Crippen molar-refractivity contribution >= 4 is 15.9 Å².